The molecule has 0 bridgehead atoms. The van der Waals surface area contributed by atoms with Crippen LogP contribution < -0.4 is 0 Å². The minimum atomic E-state index is -1.10. The van der Waals surface area contributed by atoms with E-state index in [1.54, 1.807) is 0 Å². The number of esters is 1. The van der Waals surface area contributed by atoms with E-state index in [0.29, 0.717) is 0 Å². The quantitative estimate of drug-likeness (QED) is 0.855. The van der Waals surface area contributed by atoms with E-state index < -0.39 is 12.1 Å². The van der Waals surface area contributed by atoms with Gasteiger partial charge in [0.05, 0.1) is 7.11 Å². The third kappa shape index (κ3) is 3.32. The molecule has 0 aliphatic heterocycles. The largest absolute Gasteiger partial charge is 0.467 e. The molecule has 0 spiro atoms. The first kappa shape index (κ1) is 12.2. The lowest BCUT2D eigenvalue weighted by molar-refractivity contribution is -0.150. The first-order chi connectivity index (χ1) is 7.04. The molecule has 1 aromatic rings. The first-order valence-corrected chi connectivity index (χ1v) is 5.35. The average Bonchev–Trinajstić information content (AvgIpc) is 2.22. The number of benzene rings is 1. The molecule has 1 aromatic carbocycles. The summed E-state index contributed by atoms with van der Waals surface area (Å²) in [5.74, 6) is -0.608. The average molecular weight is 273 g/mol. The monoisotopic (exact) mass is 272 g/mol. The summed E-state index contributed by atoms with van der Waals surface area (Å²) < 4.78 is 5.34. The van der Waals surface area contributed by atoms with Gasteiger partial charge in [-0.2, -0.15) is 0 Å². The highest BCUT2D eigenvalue weighted by Gasteiger charge is 2.17. The van der Waals surface area contributed by atoms with Crippen molar-refractivity contribution < 1.29 is 14.6 Å². The predicted octanol–water partition coefficient (Wildman–Crippen LogP) is 1.83. The van der Waals surface area contributed by atoms with Crippen LogP contribution in [0.5, 0.6) is 0 Å². The summed E-state index contributed by atoms with van der Waals surface area (Å²) in [6, 6.07) is 5.78. The Bertz CT molecular complexity index is 363. The number of halogens is 1. The standard InChI is InChI=1S/C11H13BrO3/c1-7-3-4-9(12)8(5-7)6-10(13)11(14)15-2/h3-5,10,13H,6H2,1-2H3. The van der Waals surface area contributed by atoms with Gasteiger partial charge in [0.25, 0.3) is 0 Å². The van der Waals surface area contributed by atoms with E-state index in [4.69, 9.17) is 0 Å². The normalized spacial score (nSPS) is 12.3. The maximum absolute atomic E-state index is 11.0. The molecule has 0 amide bonds. The molecule has 4 heteroatoms. The van der Waals surface area contributed by atoms with Gasteiger partial charge in [0.15, 0.2) is 6.10 Å². The van der Waals surface area contributed by atoms with Crippen LogP contribution in [0.4, 0.5) is 0 Å². The third-order valence-corrected chi connectivity index (χ3v) is 2.86. The summed E-state index contributed by atoms with van der Waals surface area (Å²) in [5.41, 5.74) is 1.98. The second-order valence-electron chi connectivity index (χ2n) is 3.34. The number of aliphatic hydroxyl groups is 1. The topological polar surface area (TPSA) is 46.5 Å². The fourth-order valence-corrected chi connectivity index (χ4v) is 1.70. The number of rotatable bonds is 3. The van der Waals surface area contributed by atoms with Crippen molar-refractivity contribution >= 4 is 21.9 Å². The predicted molar refractivity (Wildman–Crippen MR) is 60.6 cm³/mol. The first-order valence-electron chi connectivity index (χ1n) is 4.55. The molecule has 0 saturated carbocycles. The number of methoxy groups -OCH3 is 1. The van der Waals surface area contributed by atoms with Gasteiger partial charge in [-0.1, -0.05) is 33.6 Å². The number of hydrogen-bond acceptors (Lipinski definition) is 3. The van der Waals surface area contributed by atoms with Crippen LogP contribution in [0.25, 0.3) is 0 Å². The fraction of sp³-hybridized carbons (Fsp3) is 0.364. The van der Waals surface area contributed by atoms with Gasteiger partial charge in [-0.15, -0.1) is 0 Å². The Kier molecular flexibility index (Phi) is 4.29. The molecule has 0 aliphatic rings. The van der Waals surface area contributed by atoms with Crippen molar-refractivity contribution in [1.29, 1.82) is 0 Å². The molecule has 0 saturated heterocycles. The van der Waals surface area contributed by atoms with E-state index in [9.17, 15) is 9.90 Å². The minimum Gasteiger partial charge on any atom is -0.467 e. The van der Waals surface area contributed by atoms with Crippen molar-refractivity contribution in [2.75, 3.05) is 7.11 Å². The molecule has 1 N–H and O–H groups in total. The van der Waals surface area contributed by atoms with Gasteiger partial charge in [-0.3, -0.25) is 0 Å². The van der Waals surface area contributed by atoms with Crippen LogP contribution >= 0.6 is 15.9 Å². The molecule has 0 fully saturated rings. The zero-order chi connectivity index (χ0) is 11.4. The summed E-state index contributed by atoms with van der Waals surface area (Å²) in [6.45, 7) is 1.96. The van der Waals surface area contributed by atoms with Crippen LogP contribution in [0, 0.1) is 6.92 Å². The summed E-state index contributed by atoms with van der Waals surface area (Å²) in [4.78, 5) is 11.0. The fourth-order valence-electron chi connectivity index (χ4n) is 1.29. The highest BCUT2D eigenvalue weighted by molar-refractivity contribution is 9.10. The Morgan fingerprint density at radius 3 is 2.87 bits per heavy atom. The SMILES string of the molecule is COC(=O)C(O)Cc1cc(C)ccc1Br. The van der Waals surface area contributed by atoms with Gasteiger partial charge in [-0.05, 0) is 18.6 Å². The molecular formula is C11H13BrO3. The number of ether oxygens (including phenoxy) is 1. The Balaban J connectivity index is 2.80. The van der Waals surface area contributed by atoms with Crippen LogP contribution in [0.15, 0.2) is 22.7 Å². The van der Waals surface area contributed by atoms with Gasteiger partial charge in [0.1, 0.15) is 0 Å². The minimum absolute atomic E-state index is 0.259. The number of carbonyl (C=O) groups is 1. The molecule has 15 heavy (non-hydrogen) atoms. The zero-order valence-electron chi connectivity index (χ0n) is 8.66. The summed E-state index contributed by atoms with van der Waals surface area (Å²) >= 11 is 3.37. The Hall–Kier alpha value is -0.870. The van der Waals surface area contributed by atoms with Crippen LogP contribution in [0.2, 0.25) is 0 Å². The molecule has 1 atom stereocenters. The number of carbonyl (C=O) groups excluding carboxylic acids is 1. The van der Waals surface area contributed by atoms with Crippen LogP contribution in [0.3, 0.4) is 0 Å². The zero-order valence-corrected chi connectivity index (χ0v) is 10.2. The van der Waals surface area contributed by atoms with Crippen molar-refractivity contribution in [3.8, 4) is 0 Å². The third-order valence-electron chi connectivity index (χ3n) is 2.09. The molecule has 3 nitrogen and oxygen atoms in total. The maximum Gasteiger partial charge on any atom is 0.335 e. The van der Waals surface area contributed by atoms with Gasteiger partial charge >= 0.3 is 5.97 Å². The van der Waals surface area contributed by atoms with Crippen molar-refractivity contribution in [3.05, 3.63) is 33.8 Å². The number of aliphatic hydroxyl groups excluding tert-OH is 1. The van der Waals surface area contributed by atoms with Gasteiger partial charge in [0.2, 0.25) is 0 Å². The van der Waals surface area contributed by atoms with Crippen molar-refractivity contribution in [2.24, 2.45) is 0 Å². The molecule has 1 unspecified atom stereocenters. The van der Waals surface area contributed by atoms with Gasteiger partial charge in [-0.25, -0.2) is 4.79 Å². The van der Waals surface area contributed by atoms with E-state index in [1.807, 2.05) is 25.1 Å². The highest BCUT2D eigenvalue weighted by atomic mass is 79.9. The molecule has 82 valence electrons. The molecule has 0 aromatic heterocycles. The lowest BCUT2D eigenvalue weighted by Crippen LogP contribution is -2.24. The summed E-state index contributed by atoms with van der Waals surface area (Å²) in [5, 5.41) is 9.49. The van der Waals surface area contributed by atoms with Crippen molar-refractivity contribution in [2.45, 2.75) is 19.4 Å². The lowest BCUT2D eigenvalue weighted by Gasteiger charge is -2.10. The number of hydrogen-bond donors (Lipinski definition) is 1. The Morgan fingerprint density at radius 1 is 1.60 bits per heavy atom. The van der Waals surface area contributed by atoms with Crippen LogP contribution in [-0.4, -0.2) is 24.3 Å². The molecular weight excluding hydrogens is 260 g/mol. The Morgan fingerprint density at radius 2 is 2.27 bits per heavy atom. The maximum atomic E-state index is 11.0. The van der Waals surface area contributed by atoms with E-state index in [1.165, 1.54) is 7.11 Å². The second kappa shape index (κ2) is 5.28. The highest BCUT2D eigenvalue weighted by Crippen LogP contribution is 2.19. The molecule has 0 radical (unpaired) electrons. The second-order valence-corrected chi connectivity index (χ2v) is 4.19. The smallest absolute Gasteiger partial charge is 0.335 e. The number of aryl methyl sites for hydroxylation is 1. The van der Waals surface area contributed by atoms with Gasteiger partial charge < -0.3 is 9.84 Å². The van der Waals surface area contributed by atoms with Gasteiger partial charge in [0, 0.05) is 10.9 Å². The summed E-state index contributed by atoms with van der Waals surface area (Å²) in [6.07, 6.45) is -0.845. The molecule has 0 heterocycles. The lowest BCUT2D eigenvalue weighted by atomic mass is 10.1. The van der Waals surface area contributed by atoms with Crippen LogP contribution in [-0.2, 0) is 16.0 Å². The van der Waals surface area contributed by atoms with E-state index in [2.05, 4.69) is 20.7 Å². The van der Waals surface area contributed by atoms with Crippen LogP contribution in [0.1, 0.15) is 11.1 Å². The van der Waals surface area contributed by atoms with Crippen molar-refractivity contribution in [1.82, 2.24) is 0 Å². The van der Waals surface area contributed by atoms with E-state index in [-0.39, 0.29) is 6.42 Å². The molecule has 0 aliphatic carbocycles. The summed E-state index contributed by atoms with van der Waals surface area (Å²) in [7, 11) is 1.26. The molecule has 1 rings (SSSR count). The van der Waals surface area contributed by atoms with E-state index in [0.717, 1.165) is 15.6 Å². The van der Waals surface area contributed by atoms with Crippen molar-refractivity contribution in [3.63, 3.8) is 0 Å². The Labute approximate surface area is 97.2 Å². The van der Waals surface area contributed by atoms with E-state index >= 15 is 0 Å².